The average Bonchev–Trinajstić information content (AvgIpc) is 3.17. The fourth-order valence-electron chi connectivity index (χ4n) is 3.60. The van der Waals surface area contributed by atoms with Crippen molar-refractivity contribution in [1.29, 1.82) is 0 Å². The number of hydrogen-bond acceptors (Lipinski definition) is 4. The zero-order valence-electron chi connectivity index (χ0n) is 16.7. The van der Waals surface area contributed by atoms with E-state index in [-0.39, 0.29) is 11.9 Å². The molecule has 0 fully saturated rings. The molecule has 1 amide bonds. The van der Waals surface area contributed by atoms with E-state index < -0.39 is 0 Å². The fraction of sp³-hybridized carbons (Fsp3) is 0.174. The van der Waals surface area contributed by atoms with Gasteiger partial charge in [0.25, 0.3) is 5.91 Å². The van der Waals surface area contributed by atoms with E-state index in [0.29, 0.717) is 11.5 Å². The predicted octanol–water partition coefficient (Wildman–Crippen LogP) is 4.57. The van der Waals surface area contributed by atoms with Crippen LogP contribution in [-0.4, -0.2) is 20.7 Å². The van der Waals surface area contributed by atoms with Gasteiger partial charge < -0.3 is 10.6 Å². The molecule has 4 rings (SSSR count). The van der Waals surface area contributed by atoms with Gasteiger partial charge in [0.05, 0.1) is 5.57 Å². The molecule has 1 aliphatic heterocycles. The van der Waals surface area contributed by atoms with Gasteiger partial charge in [0.1, 0.15) is 12.4 Å². The summed E-state index contributed by atoms with van der Waals surface area (Å²) in [6, 6.07) is 17.4. The minimum atomic E-state index is -0.349. The second-order valence-electron chi connectivity index (χ2n) is 7.16. The molecule has 1 aromatic heterocycles. The number of nitrogens with one attached hydrogen (secondary N) is 2. The van der Waals surface area contributed by atoms with Gasteiger partial charge in [-0.3, -0.25) is 4.79 Å². The molecule has 1 atom stereocenters. The van der Waals surface area contributed by atoms with Gasteiger partial charge in [-0.05, 0) is 43.5 Å². The molecule has 2 aromatic carbocycles. The van der Waals surface area contributed by atoms with E-state index in [9.17, 15) is 4.79 Å². The van der Waals surface area contributed by atoms with Gasteiger partial charge in [-0.25, -0.2) is 4.68 Å². The van der Waals surface area contributed by atoms with Crippen LogP contribution < -0.4 is 10.6 Å². The molecule has 2 N–H and O–H groups in total. The first-order chi connectivity index (χ1) is 14.0. The number of benzene rings is 2. The minimum absolute atomic E-state index is 0.156. The van der Waals surface area contributed by atoms with Gasteiger partial charge in [-0.1, -0.05) is 54.6 Å². The van der Waals surface area contributed by atoms with E-state index in [1.165, 1.54) is 6.33 Å². The molecule has 146 valence electrons. The zero-order chi connectivity index (χ0) is 20.4. The number of rotatable bonds is 4. The Balaban J connectivity index is 1.75. The first-order valence-electron chi connectivity index (χ1n) is 9.52. The van der Waals surface area contributed by atoms with Gasteiger partial charge >= 0.3 is 0 Å². The highest BCUT2D eigenvalue weighted by atomic mass is 16.1. The van der Waals surface area contributed by atoms with E-state index in [0.717, 1.165) is 28.1 Å². The van der Waals surface area contributed by atoms with Crippen LogP contribution in [0, 0.1) is 6.92 Å². The zero-order valence-corrected chi connectivity index (χ0v) is 16.7. The second kappa shape index (κ2) is 7.75. The summed E-state index contributed by atoms with van der Waals surface area (Å²) in [5, 5.41) is 10.6. The summed E-state index contributed by atoms with van der Waals surface area (Å²) in [6.07, 6.45) is 3.58. The summed E-state index contributed by atoms with van der Waals surface area (Å²) < 4.78 is 1.76. The number of aryl methyl sites for hydroxylation is 1. The Labute approximate surface area is 170 Å². The summed E-state index contributed by atoms with van der Waals surface area (Å²) in [5.41, 5.74) is 5.27. The number of nitrogens with zero attached hydrogens (tertiary/aromatic N) is 3. The Morgan fingerprint density at radius 3 is 2.59 bits per heavy atom. The molecule has 0 bridgehead atoms. The summed E-state index contributed by atoms with van der Waals surface area (Å²) in [7, 11) is 0. The molecule has 3 aromatic rings. The largest absolute Gasteiger partial charge is 0.328 e. The number of aromatic nitrogens is 3. The van der Waals surface area contributed by atoms with E-state index in [1.54, 1.807) is 4.68 Å². The van der Waals surface area contributed by atoms with E-state index in [1.807, 2.05) is 75.4 Å². The Bertz CT molecular complexity index is 1110. The summed E-state index contributed by atoms with van der Waals surface area (Å²) in [6.45, 7) is 5.89. The first kappa shape index (κ1) is 18.7. The summed E-state index contributed by atoms with van der Waals surface area (Å²) >= 11 is 0. The van der Waals surface area contributed by atoms with E-state index in [4.69, 9.17) is 0 Å². The van der Waals surface area contributed by atoms with E-state index in [2.05, 4.69) is 26.8 Å². The van der Waals surface area contributed by atoms with Crippen LogP contribution in [0.25, 0.3) is 6.08 Å². The van der Waals surface area contributed by atoms with Crippen molar-refractivity contribution in [3.8, 4) is 0 Å². The Kier molecular flexibility index (Phi) is 4.99. The third kappa shape index (κ3) is 3.69. The van der Waals surface area contributed by atoms with Crippen molar-refractivity contribution in [3.63, 3.8) is 0 Å². The number of para-hydroxylation sites is 1. The lowest BCUT2D eigenvalue weighted by Crippen LogP contribution is -2.31. The minimum Gasteiger partial charge on any atom is -0.328 e. The van der Waals surface area contributed by atoms with Crippen molar-refractivity contribution in [2.45, 2.75) is 26.8 Å². The molecule has 0 saturated heterocycles. The lowest BCUT2D eigenvalue weighted by atomic mass is 9.94. The van der Waals surface area contributed by atoms with Crippen molar-refractivity contribution in [2.24, 2.45) is 0 Å². The number of carbonyl (C=O) groups excluding carboxylic acids is 1. The standard InChI is InChI=1S/C23H23N5O/c1-15-9-7-8-12-19(15)27-22(29)20-17(3)26-23-24-14-25-28(23)21(20)16(2)13-18-10-5-4-6-11-18/h4-14,21H,1-3H3,(H,27,29)(H,24,25,26). The predicted molar refractivity (Wildman–Crippen MR) is 115 cm³/mol. The van der Waals surface area contributed by atoms with Gasteiger partial charge in [-0.15, -0.1) is 0 Å². The Morgan fingerprint density at radius 2 is 1.83 bits per heavy atom. The maximum atomic E-state index is 13.3. The van der Waals surface area contributed by atoms with Crippen LogP contribution in [0.4, 0.5) is 11.6 Å². The Hall–Kier alpha value is -3.67. The van der Waals surface area contributed by atoms with Crippen molar-refractivity contribution in [1.82, 2.24) is 14.8 Å². The van der Waals surface area contributed by atoms with Crippen molar-refractivity contribution in [2.75, 3.05) is 10.6 Å². The van der Waals surface area contributed by atoms with Crippen molar-refractivity contribution < 1.29 is 4.79 Å². The molecule has 6 nitrogen and oxygen atoms in total. The number of hydrogen-bond donors (Lipinski definition) is 2. The highest BCUT2D eigenvalue weighted by molar-refractivity contribution is 6.06. The molecule has 0 aliphatic carbocycles. The highest BCUT2D eigenvalue weighted by Gasteiger charge is 2.33. The topological polar surface area (TPSA) is 71.8 Å². The highest BCUT2D eigenvalue weighted by Crippen LogP contribution is 2.36. The monoisotopic (exact) mass is 385 g/mol. The summed E-state index contributed by atoms with van der Waals surface area (Å²) in [5.74, 6) is 0.469. The molecular weight excluding hydrogens is 362 g/mol. The SMILES string of the molecule is CC(=Cc1ccccc1)C1C(C(=O)Nc2ccccc2C)=C(C)Nc2ncnn21. The Morgan fingerprint density at radius 1 is 1.10 bits per heavy atom. The first-order valence-corrected chi connectivity index (χ1v) is 9.52. The molecule has 6 heteroatoms. The molecule has 0 saturated carbocycles. The van der Waals surface area contributed by atoms with Crippen LogP contribution in [0.1, 0.15) is 31.0 Å². The molecule has 2 heterocycles. The lowest BCUT2D eigenvalue weighted by Gasteiger charge is -2.29. The molecular formula is C23H23N5O. The fourth-order valence-corrected chi connectivity index (χ4v) is 3.60. The van der Waals surface area contributed by atoms with Gasteiger partial charge in [0, 0.05) is 11.4 Å². The van der Waals surface area contributed by atoms with E-state index >= 15 is 0 Å². The van der Waals surface area contributed by atoms with Crippen LogP contribution in [0.5, 0.6) is 0 Å². The van der Waals surface area contributed by atoms with Crippen LogP contribution in [0.15, 0.2) is 77.8 Å². The molecule has 1 unspecified atom stereocenters. The number of fused-ring (bicyclic) bond motifs is 1. The maximum Gasteiger partial charge on any atom is 0.255 e. The quantitative estimate of drug-likeness (QED) is 0.690. The average molecular weight is 385 g/mol. The smallest absolute Gasteiger partial charge is 0.255 e. The summed E-state index contributed by atoms with van der Waals surface area (Å²) in [4.78, 5) is 17.6. The molecule has 29 heavy (non-hydrogen) atoms. The molecule has 0 radical (unpaired) electrons. The second-order valence-corrected chi connectivity index (χ2v) is 7.16. The van der Waals surface area contributed by atoms with Crippen LogP contribution >= 0.6 is 0 Å². The van der Waals surface area contributed by atoms with Gasteiger partial charge in [0.15, 0.2) is 0 Å². The van der Waals surface area contributed by atoms with Crippen LogP contribution in [-0.2, 0) is 4.79 Å². The van der Waals surface area contributed by atoms with Gasteiger partial charge in [0.2, 0.25) is 5.95 Å². The van der Waals surface area contributed by atoms with Crippen LogP contribution in [0.2, 0.25) is 0 Å². The van der Waals surface area contributed by atoms with Crippen molar-refractivity contribution >= 4 is 23.6 Å². The normalized spacial score (nSPS) is 16.2. The van der Waals surface area contributed by atoms with Gasteiger partial charge in [-0.2, -0.15) is 10.1 Å². The maximum absolute atomic E-state index is 13.3. The number of carbonyl (C=O) groups is 1. The molecule has 1 aliphatic rings. The molecule has 0 spiro atoms. The third-order valence-electron chi connectivity index (χ3n) is 5.06. The number of allylic oxidation sites excluding steroid dienone is 2. The number of anilines is 2. The van der Waals surface area contributed by atoms with Crippen molar-refractivity contribution in [3.05, 3.63) is 88.9 Å². The van der Waals surface area contributed by atoms with Crippen LogP contribution in [0.3, 0.4) is 0 Å². The third-order valence-corrected chi connectivity index (χ3v) is 5.06. The number of amides is 1. The lowest BCUT2D eigenvalue weighted by molar-refractivity contribution is -0.113.